The molecular formula is C13H18N4O2S. The second-order valence-electron chi connectivity index (χ2n) is 4.49. The van der Waals surface area contributed by atoms with Crippen molar-refractivity contribution in [3.05, 3.63) is 17.1 Å². The molecule has 0 aliphatic carbocycles. The molecule has 0 aliphatic rings. The van der Waals surface area contributed by atoms with Gasteiger partial charge in [0.1, 0.15) is 9.71 Å². The maximum absolute atomic E-state index is 12.6. The van der Waals surface area contributed by atoms with Gasteiger partial charge < -0.3 is 15.4 Å². The van der Waals surface area contributed by atoms with Crippen LogP contribution >= 0.6 is 11.3 Å². The first-order valence-electron chi connectivity index (χ1n) is 6.39. The number of hydrogen-bond donors (Lipinski definition) is 1. The summed E-state index contributed by atoms with van der Waals surface area (Å²) in [5, 5.41) is 8.60. The van der Waals surface area contributed by atoms with E-state index in [-0.39, 0.29) is 11.9 Å². The van der Waals surface area contributed by atoms with E-state index in [1.54, 1.807) is 24.3 Å². The summed E-state index contributed by atoms with van der Waals surface area (Å²) in [4.78, 5) is 15.6. The molecule has 6 nitrogen and oxygen atoms in total. The Morgan fingerprint density at radius 1 is 1.60 bits per heavy atom. The topological polar surface area (TPSA) is 81.3 Å². The van der Waals surface area contributed by atoms with Crippen molar-refractivity contribution in [1.82, 2.24) is 15.1 Å². The third-order valence-electron chi connectivity index (χ3n) is 3.16. The van der Waals surface area contributed by atoms with Gasteiger partial charge in [-0.3, -0.25) is 4.79 Å². The lowest BCUT2D eigenvalue weighted by atomic mass is 10.2. The van der Waals surface area contributed by atoms with E-state index in [9.17, 15) is 4.79 Å². The second-order valence-corrected chi connectivity index (χ2v) is 5.49. The molecule has 2 N–H and O–H groups in total. The summed E-state index contributed by atoms with van der Waals surface area (Å²) in [5.74, 6) is -0.0856. The fourth-order valence-corrected chi connectivity index (χ4v) is 3.14. The number of hydrogen-bond acceptors (Lipinski definition) is 6. The minimum absolute atomic E-state index is 0.00630. The zero-order valence-electron chi connectivity index (χ0n) is 11.8. The molecule has 0 saturated heterocycles. The summed E-state index contributed by atoms with van der Waals surface area (Å²) in [5.41, 5.74) is 6.55. The molecule has 0 spiro atoms. The number of fused-ring (bicyclic) bond motifs is 1. The molecule has 1 atom stereocenters. The summed E-state index contributed by atoms with van der Waals surface area (Å²) in [7, 11) is 1.62. The summed E-state index contributed by atoms with van der Waals surface area (Å²) in [6.45, 7) is 4.98. The summed E-state index contributed by atoms with van der Waals surface area (Å²) < 4.78 is 5.12. The number of nitrogens with two attached hydrogens (primary N) is 1. The van der Waals surface area contributed by atoms with Crippen molar-refractivity contribution in [3.63, 3.8) is 0 Å². The monoisotopic (exact) mass is 294 g/mol. The van der Waals surface area contributed by atoms with Crippen molar-refractivity contribution in [3.8, 4) is 0 Å². The van der Waals surface area contributed by atoms with Crippen LogP contribution in [0.3, 0.4) is 0 Å². The Hall–Kier alpha value is -1.73. The molecule has 2 aromatic rings. The molecule has 0 radical (unpaired) electrons. The largest absolute Gasteiger partial charge is 0.397 e. The smallest absolute Gasteiger partial charge is 0.266 e. The molecule has 0 saturated carbocycles. The van der Waals surface area contributed by atoms with E-state index in [0.29, 0.717) is 28.5 Å². The molecule has 2 rings (SSSR count). The summed E-state index contributed by atoms with van der Waals surface area (Å²) in [6.07, 6.45) is 1.57. The van der Waals surface area contributed by atoms with Gasteiger partial charge in [-0.05, 0) is 19.9 Å². The van der Waals surface area contributed by atoms with Crippen LogP contribution in [0.25, 0.3) is 10.2 Å². The SMILES string of the molecule is CCN(C(=O)c1sc2nnccc2c1N)C(C)COC. The van der Waals surface area contributed by atoms with Gasteiger partial charge in [0.05, 0.1) is 24.5 Å². The molecular weight excluding hydrogens is 276 g/mol. The van der Waals surface area contributed by atoms with Crippen molar-refractivity contribution >= 4 is 33.1 Å². The first-order chi connectivity index (χ1) is 9.60. The number of amides is 1. The number of thiophene rings is 1. The second kappa shape index (κ2) is 6.15. The van der Waals surface area contributed by atoms with Gasteiger partial charge in [-0.1, -0.05) is 0 Å². The van der Waals surface area contributed by atoms with Crippen LogP contribution in [-0.4, -0.2) is 47.3 Å². The van der Waals surface area contributed by atoms with Crippen molar-refractivity contribution in [2.24, 2.45) is 0 Å². The van der Waals surface area contributed by atoms with E-state index < -0.39 is 0 Å². The van der Waals surface area contributed by atoms with E-state index in [0.717, 1.165) is 5.39 Å². The Labute approximate surface area is 121 Å². The van der Waals surface area contributed by atoms with Crippen LogP contribution in [0.1, 0.15) is 23.5 Å². The van der Waals surface area contributed by atoms with E-state index in [4.69, 9.17) is 10.5 Å². The maximum Gasteiger partial charge on any atom is 0.266 e. The molecule has 1 amide bonds. The van der Waals surface area contributed by atoms with Gasteiger partial charge in [0.2, 0.25) is 0 Å². The van der Waals surface area contributed by atoms with Crippen LogP contribution in [0.2, 0.25) is 0 Å². The maximum atomic E-state index is 12.6. The van der Waals surface area contributed by atoms with Gasteiger partial charge in [0, 0.05) is 19.0 Å². The highest BCUT2D eigenvalue weighted by Crippen LogP contribution is 2.32. The highest BCUT2D eigenvalue weighted by atomic mass is 32.1. The molecule has 0 fully saturated rings. The Bertz CT molecular complexity index is 613. The number of carbonyl (C=O) groups is 1. The zero-order valence-corrected chi connectivity index (χ0v) is 12.6. The molecule has 7 heteroatoms. The molecule has 0 bridgehead atoms. The number of carbonyl (C=O) groups excluding carboxylic acids is 1. The van der Waals surface area contributed by atoms with Crippen LogP contribution in [0, 0.1) is 0 Å². The lowest BCUT2D eigenvalue weighted by molar-refractivity contribution is 0.0585. The number of methoxy groups -OCH3 is 1. The predicted molar refractivity (Wildman–Crippen MR) is 79.9 cm³/mol. The van der Waals surface area contributed by atoms with E-state index in [1.807, 2.05) is 13.8 Å². The van der Waals surface area contributed by atoms with Crippen LogP contribution in [0.15, 0.2) is 12.3 Å². The minimum Gasteiger partial charge on any atom is -0.397 e. The average molecular weight is 294 g/mol. The fraction of sp³-hybridized carbons (Fsp3) is 0.462. The molecule has 2 heterocycles. The Morgan fingerprint density at radius 2 is 2.35 bits per heavy atom. The number of nitrogen functional groups attached to an aromatic ring is 1. The Morgan fingerprint density at radius 3 is 2.95 bits per heavy atom. The molecule has 2 aromatic heterocycles. The van der Waals surface area contributed by atoms with Crippen molar-refractivity contribution in [2.45, 2.75) is 19.9 Å². The number of aromatic nitrogens is 2. The van der Waals surface area contributed by atoms with Gasteiger partial charge in [-0.25, -0.2) is 0 Å². The third kappa shape index (κ3) is 2.59. The van der Waals surface area contributed by atoms with Crippen molar-refractivity contribution in [2.75, 3.05) is 26.0 Å². The molecule has 20 heavy (non-hydrogen) atoms. The number of nitrogens with zero attached hydrogens (tertiary/aromatic N) is 3. The average Bonchev–Trinajstić information content (AvgIpc) is 2.78. The van der Waals surface area contributed by atoms with Gasteiger partial charge in [0.15, 0.2) is 0 Å². The summed E-state index contributed by atoms with van der Waals surface area (Å²) in [6, 6.07) is 1.77. The highest BCUT2D eigenvalue weighted by Gasteiger charge is 2.25. The Balaban J connectivity index is 2.37. The van der Waals surface area contributed by atoms with Crippen LogP contribution < -0.4 is 5.73 Å². The molecule has 1 unspecified atom stereocenters. The van der Waals surface area contributed by atoms with Crippen molar-refractivity contribution < 1.29 is 9.53 Å². The van der Waals surface area contributed by atoms with E-state index in [1.165, 1.54) is 11.3 Å². The number of ether oxygens (including phenoxy) is 1. The first kappa shape index (κ1) is 14.7. The predicted octanol–water partition coefficient (Wildman–Crippen LogP) is 1.77. The van der Waals surface area contributed by atoms with E-state index >= 15 is 0 Å². The van der Waals surface area contributed by atoms with Crippen LogP contribution in [-0.2, 0) is 4.74 Å². The lowest BCUT2D eigenvalue weighted by Gasteiger charge is -2.27. The number of rotatable bonds is 5. The highest BCUT2D eigenvalue weighted by molar-refractivity contribution is 7.21. The third-order valence-corrected chi connectivity index (χ3v) is 4.25. The summed E-state index contributed by atoms with van der Waals surface area (Å²) >= 11 is 1.28. The van der Waals surface area contributed by atoms with Gasteiger partial charge in [-0.15, -0.1) is 16.4 Å². The quantitative estimate of drug-likeness (QED) is 0.909. The zero-order chi connectivity index (χ0) is 14.7. The van der Waals surface area contributed by atoms with Crippen LogP contribution in [0.4, 0.5) is 5.69 Å². The molecule has 0 aromatic carbocycles. The standard InChI is InChI=1S/C13H18N4O2S/c1-4-17(8(2)7-19-3)13(18)11-10(14)9-5-6-15-16-12(9)20-11/h5-6,8H,4,7,14H2,1-3H3. The van der Waals surface area contributed by atoms with Crippen LogP contribution in [0.5, 0.6) is 0 Å². The molecule has 0 aliphatic heterocycles. The normalized spacial score (nSPS) is 12.6. The fourth-order valence-electron chi connectivity index (χ4n) is 2.15. The van der Waals surface area contributed by atoms with Gasteiger partial charge in [-0.2, -0.15) is 5.10 Å². The van der Waals surface area contributed by atoms with Gasteiger partial charge >= 0.3 is 0 Å². The van der Waals surface area contributed by atoms with E-state index in [2.05, 4.69) is 10.2 Å². The lowest BCUT2D eigenvalue weighted by Crippen LogP contribution is -2.40. The minimum atomic E-state index is -0.0856. The first-order valence-corrected chi connectivity index (χ1v) is 7.21. The number of likely N-dealkylation sites (N-methyl/N-ethyl adjacent to an activating group) is 1. The molecule has 108 valence electrons. The number of anilines is 1. The Kier molecular flexibility index (Phi) is 4.51. The van der Waals surface area contributed by atoms with Crippen molar-refractivity contribution in [1.29, 1.82) is 0 Å². The van der Waals surface area contributed by atoms with Gasteiger partial charge in [0.25, 0.3) is 5.91 Å².